The predicted molar refractivity (Wildman–Crippen MR) is 81.1 cm³/mol. The Kier molecular flexibility index (Phi) is 4.92. The first-order valence-electron chi connectivity index (χ1n) is 6.08. The molecule has 0 saturated carbocycles. The number of nitrogens with zero attached hydrogens (tertiary/aromatic N) is 1. The SMILES string of the molecule is CCc1cnccc1C(Cc1sccc1Br)NC. The van der Waals surface area contributed by atoms with Crippen LogP contribution in [0.25, 0.3) is 0 Å². The highest BCUT2D eigenvalue weighted by Gasteiger charge is 2.15. The van der Waals surface area contributed by atoms with Crippen LogP contribution in [0.4, 0.5) is 0 Å². The number of thiophene rings is 1. The number of pyridine rings is 1. The Labute approximate surface area is 121 Å². The number of hydrogen-bond acceptors (Lipinski definition) is 3. The zero-order valence-corrected chi connectivity index (χ0v) is 13.0. The minimum atomic E-state index is 0.345. The van der Waals surface area contributed by atoms with Crippen LogP contribution in [-0.2, 0) is 12.8 Å². The van der Waals surface area contributed by atoms with Gasteiger partial charge in [0.25, 0.3) is 0 Å². The van der Waals surface area contributed by atoms with Crippen LogP contribution in [0.5, 0.6) is 0 Å². The average molecular weight is 325 g/mol. The second-order valence-corrected chi connectivity index (χ2v) is 6.02. The lowest BCUT2D eigenvalue weighted by molar-refractivity contribution is 0.589. The Bertz CT molecular complexity index is 510. The van der Waals surface area contributed by atoms with Gasteiger partial charge in [0.15, 0.2) is 0 Å². The van der Waals surface area contributed by atoms with Gasteiger partial charge in [-0.15, -0.1) is 11.3 Å². The van der Waals surface area contributed by atoms with E-state index >= 15 is 0 Å². The van der Waals surface area contributed by atoms with Crippen molar-refractivity contribution < 1.29 is 0 Å². The molecule has 2 heterocycles. The molecule has 2 aromatic rings. The third-order valence-electron chi connectivity index (χ3n) is 3.13. The number of aromatic nitrogens is 1. The van der Waals surface area contributed by atoms with Crippen LogP contribution in [0.15, 0.2) is 34.4 Å². The number of likely N-dealkylation sites (N-methyl/N-ethyl adjacent to an activating group) is 1. The monoisotopic (exact) mass is 324 g/mol. The van der Waals surface area contributed by atoms with E-state index in [2.05, 4.69) is 50.7 Å². The Morgan fingerprint density at radius 1 is 1.44 bits per heavy atom. The molecule has 2 rings (SSSR count). The van der Waals surface area contributed by atoms with Gasteiger partial charge in [-0.3, -0.25) is 4.98 Å². The molecule has 4 heteroatoms. The zero-order valence-electron chi connectivity index (χ0n) is 10.6. The van der Waals surface area contributed by atoms with Crippen molar-refractivity contribution in [1.29, 1.82) is 0 Å². The van der Waals surface area contributed by atoms with Crippen LogP contribution in [0, 0.1) is 0 Å². The zero-order chi connectivity index (χ0) is 13.0. The van der Waals surface area contributed by atoms with Crippen LogP contribution in [-0.4, -0.2) is 12.0 Å². The first-order valence-corrected chi connectivity index (χ1v) is 7.75. The number of aryl methyl sites for hydroxylation is 1. The number of hydrogen-bond donors (Lipinski definition) is 1. The first-order chi connectivity index (χ1) is 8.76. The van der Waals surface area contributed by atoms with E-state index in [1.54, 1.807) is 11.3 Å². The van der Waals surface area contributed by atoms with E-state index in [9.17, 15) is 0 Å². The van der Waals surface area contributed by atoms with Crippen LogP contribution in [0.2, 0.25) is 0 Å². The number of halogens is 1. The Balaban J connectivity index is 2.25. The van der Waals surface area contributed by atoms with Gasteiger partial charge in [-0.1, -0.05) is 6.92 Å². The van der Waals surface area contributed by atoms with Gasteiger partial charge >= 0.3 is 0 Å². The molecule has 0 aliphatic carbocycles. The lowest BCUT2D eigenvalue weighted by Crippen LogP contribution is -2.20. The minimum absolute atomic E-state index is 0.345. The van der Waals surface area contributed by atoms with E-state index in [-0.39, 0.29) is 0 Å². The highest BCUT2D eigenvalue weighted by Crippen LogP contribution is 2.29. The molecule has 1 N–H and O–H groups in total. The maximum Gasteiger partial charge on any atom is 0.0370 e. The van der Waals surface area contributed by atoms with Gasteiger partial charge in [0, 0.05) is 34.2 Å². The third kappa shape index (κ3) is 2.99. The van der Waals surface area contributed by atoms with E-state index < -0.39 is 0 Å². The molecule has 18 heavy (non-hydrogen) atoms. The maximum atomic E-state index is 4.21. The van der Waals surface area contributed by atoms with Gasteiger partial charge in [-0.05, 0) is 58.0 Å². The molecule has 0 amide bonds. The molecule has 1 unspecified atom stereocenters. The fourth-order valence-electron chi connectivity index (χ4n) is 2.10. The quantitative estimate of drug-likeness (QED) is 0.900. The summed E-state index contributed by atoms with van der Waals surface area (Å²) in [6, 6.07) is 4.58. The first kappa shape index (κ1) is 13.7. The van der Waals surface area contributed by atoms with E-state index in [4.69, 9.17) is 0 Å². The van der Waals surface area contributed by atoms with E-state index in [1.165, 1.54) is 20.5 Å². The molecule has 2 nitrogen and oxygen atoms in total. The summed E-state index contributed by atoms with van der Waals surface area (Å²) in [4.78, 5) is 5.60. The van der Waals surface area contributed by atoms with Crippen molar-refractivity contribution in [2.24, 2.45) is 0 Å². The molecular formula is C14H17BrN2S. The lowest BCUT2D eigenvalue weighted by Gasteiger charge is -2.19. The van der Waals surface area contributed by atoms with E-state index in [0.29, 0.717) is 6.04 Å². The fraction of sp³-hybridized carbons (Fsp3) is 0.357. The van der Waals surface area contributed by atoms with Crippen LogP contribution in [0.1, 0.15) is 29.0 Å². The molecule has 1 atom stereocenters. The number of rotatable bonds is 5. The minimum Gasteiger partial charge on any atom is -0.313 e. The molecule has 2 aromatic heterocycles. The summed E-state index contributed by atoms with van der Waals surface area (Å²) < 4.78 is 1.21. The van der Waals surface area contributed by atoms with E-state index in [0.717, 1.165) is 12.8 Å². The molecule has 0 aliphatic rings. The molecule has 0 bridgehead atoms. The van der Waals surface area contributed by atoms with Crippen molar-refractivity contribution >= 4 is 27.3 Å². The standard InChI is InChI=1S/C14H17BrN2S/c1-3-10-9-17-6-4-11(10)13(16-2)8-14-12(15)5-7-18-14/h4-7,9,13,16H,3,8H2,1-2H3. The molecular weight excluding hydrogens is 308 g/mol. The normalized spacial score (nSPS) is 12.6. The van der Waals surface area contributed by atoms with Crippen molar-refractivity contribution in [2.45, 2.75) is 25.8 Å². The van der Waals surface area contributed by atoms with Gasteiger partial charge < -0.3 is 5.32 Å². The molecule has 0 aromatic carbocycles. The molecule has 0 spiro atoms. The van der Waals surface area contributed by atoms with Crippen LogP contribution in [0.3, 0.4) is 0 Å². The topological polar surface area (TPSA) is 24.9 Å². The highest BCUT2D eigenvalue weighted by atomic mass is 79.9. The maximum absolute atomic E-state index is 4.21. The average Bonchev–Trinajstić information content (AvgIpc) is 2.81. The summed E-state index contributed by atoms with van der Waals surface area (Å²) in [6.07, 6.45) is 5.88. The Morgan fingerprint density at radius 3 is 2.89 bits per heavy atom. The second-order valence-electron chi connectivity index (χ2n) is 4.17. The van der Waals surface area contributed by atoms with Gasteiger partial charge in [0.2, 0.25) is 0 Å². The lowest BCUT2D eigenvalue weighted by atomic mass is 9.98. The molecule has 0 saturated heterocycles. The van der Waals surface area contributed by atoms with Crippen molar-refractivity contribution in [3.63, 3.8) is 0 Å². The summed E-state index contributed by atoms with van der Waals surface area (Å²) in [5, 5.41) is 5.54. The predicted octanol–water partition coefficient (Wildman–Crippen LogP) is 3.97. The molecule has 96 valence electrons. The van der Waals surface area contributed by atoms with Crippen molar-refractivity contribution in [3.05, 3.63) is 50.4 Å². The van der Waals surface area contributed by atoms with Gasteiger partial charge in [0.05, 0.1) is 0 Å². The highest BCUT2D eigenvalue weighted by molar-refractivity contribution is 9.10. The Hall–Kier alpha value is -0.710. The van der Waals surface area contributed by atoms with Crippen molar-refractivity contribution in [3.8, 4) is 0 Å². The third-order valence-corrected chi connectivity index (χ3v) is 5.08. The van der Waals surface area contributed by atoms with Gasteiger partial charge in [0.1, 0.15) is 0 Å². The van der Waals surface area contributed by atoms with Crippen molar-refractivity contribution in [2.75, 3.05) is 7.05 Å². The summed E-state index contributed by atoms with van der Waals surface area (Å²) in [5.74, 6) is 0. The summed E-state index contributed by atoms with van der Waals surface area (Å²) in [5.41, 5.74) is 2.68. The summed E-state index contributed by atoms with van der Waals surface area (Å²) >= 11 is 5.40. The fourth-order valence-corrected chi connectivity index (χ4v) is 3.66. The van der Waals surface area contributed by atoms with Crippen molar-refractivity contribution in [1.82, 2.24) is 10.3 Å². The summed E-state index contributed by atoms with van der Waals surface area (Å²) in [7, 11) is 2.02. The van der Waals surface area contributed by atoms with Crippen LogP contribution < -0.4 is 5.32 Å². The molecule has 0 radical (unpaired) electrons. The van der Waals surface area contributed by atoms with Crippen LogP contribution >= 0.6 is 27.3 Å². The second kappa shape index (κ2) is 6.45. The molecule has 0 aliphatic heterocycles. The summed E-state index contributed by atoms with van der Waals surface area (Å²) in [6.45, 7) is 2.17. The van der Waals surface area contributed by atoms with Gasteiger partial charge in [-0.2, -0.15) is 0 Å². The smallest absolute Gasteiger partial charge is 0.0370 e. The van der Waals surface area contributed by atoms with Gasteiger partial charge in [-0.25, -0.2) is 0 Å². The van der Waals surface area contributed by atoms with E-state index in [1.807, 2.05) is 19.4 Å². The number of nitrogens with one attached hydrogen (secondary N) is 1. The largest absolute Gasteiger partial charge is 0.313 e. The Morgan fingerprint density at radius 2 is 2.28 bits per heavy atom. The molecule has 0 fully saturated rings.